The molecule has 0 amide bonds. The van der Waals surface area contributed by atoms with Crippen molar-refractivity contribution in [3.8, 4) is 0 Å². The Kier molecular flexibility index (Phi) is 5.38. The predicted octanol–water partition coefficient (Wildman–Crippen LogP) is 4.27. The van der Waals surface area contributed by atoms with E-state index in [0.29, 0.717) is 0 Å². The second-order valence-corrected chi connectivity index (χ2v) is 4.20. The quantitative estimate of drug-likeness (QED) is 0.384. The zero-order valence-corrected chi connectivity index (χ0v) is 9.02. The Morgan fingerprint density at radius 3 is 2.79 bits per heavy atom. The van der Waals surface area contributed by atoms with Gasteiger partial charge >= 0.3 is 0 Å². The Balaban J connectivity index is 2.24. The fraction of sp³-hybridized carbons (Fsp3) is 0.333. The van der Waals surface area contributed by atoms with E-state index in [9.17, 15) is 4.39 Å². The van der Waals surface area contributed by atoms with Gasteiger partial charge in [0.1, 0.15) is 5.82 Å². The highest BCUT2D eigenvalue weighted by Gasteiger charge is 1.99. The van der Waals surface area contributed by atoms with E-state index >= 15 is 0 Å². The van der Waals surface area contributed by atoms with E-state index in [4.69, 9.17) is 0 Å². The number of hydrogen-bond donors (Lipinski definition) is 0. The molecule has 14 heavy (non-hydrogen) atoms. The fourth-order valence-electron chi connectivity index (χ4n) is 1.13. The fourth-order valence-corrected chi connectivity index (χ4v) is 2.08. The lowest BCUT2D eigenvalue weighted by Gasteiger charge is -2.01. The van der Waals surface area contributed by atoms with Crippen molar-refractivity contribution in [2.24, 2.45) is 0 Å². The Hall–Kier alpha value is -0.760. The molecule has 0 spiro atoms. The van der Waals surface area contributed by atoms with Crippen molar-refractivity contribution < 1.29 is 4.39 Å². The maximum atomic E-state index is 13.1. The molecule has 0 fully saturated rings. The van der Waals surface area contributed by atoms with Crippen molar-refractivity contribution in [2.75, 3.05) is 5.75 Å². The molecule has 0 N–H and O–H groups in total. The first-order valence-electron chi connectivity index (χ1n) is 4.83. The third kappa shape index (κ3) is 3.97. The lowest BCUT2D eigenvalue weighted by molar-refractivity contribution is 0.602. The molecule has 0 atom stereocenters. The van der Waals surface area contributed by atoms with Crippen LogP contribution in [-0.2, 0) is 0 Å². The summed E-state index contributed by atoms with van der Waals surface area (Å²) in [7, 11) is 0. The topological polar surface area (TPSA) is 0 Å². The summed E-state index contributed by atoms with van der Waals surface area (Å²) in [5.74, 6) is 0.871. The lowest BCUT2D eigenvalue weighted by Crippen LogP contribution is -1.83. The van der Waals surface area contributed by atoms with E-state index in [-0.39, 0.29) is 5.82 Å². The molecule has 1 aromatic carbocycles. The van der Waals surface area contributed by atoms with Gasteiger partial charge in [-0.15, -0.1) is 18.3 Å². The van der Waals surface area contributed by atoms with Gasteiger partial charge in [-0.05, 0) is 37.1 Å². The highest BCUT2D eigenvalue weighted by atomic mass is 32.2. The molecule has 0 saturated carbocycles. The van der Waals surface area contributed by atoms with Crippen LogP contribution in [0.25, 0.3) is 0 Å². The molecular formula is C12H15FS. The number of allylic oxidation sites excluding steroid dienone is 1. The number of benzene rings is 1. The van der Waals surface area contributed by atoms with Crippen LogP contribution in [0.15, 0.2) is 41.8 Å². The van der Waals surface area contributed by atoms with Gasteiger partial charge < -0.3 is 0 Å². The van der Waals surface area contributed by atoms with E-state index in [0.717, 1.165) is 29.9 Å². The molecule has 0 unspecified atom stereocenters. The summed E-state index contributed by atoms with van der Waals surface area (Å²) >= 11 is 1.59. The number of halogens is 1. The van der Waals surface area contributed by atoms with Crippen LogP contribution < -0.4 is 0 Å². The van der Waals surface area contributed by atoms with Gasteiger partial charge in [0.2, 0.25) is 0 Å². The maximum absolute atomic E-state index is 13.1. The first kappa shape index (κ1) is 11.3. The summed E-state index contributed by atoms with van der Waals surface area (Å²) in [5.41, 5.74) is 0. The molecular weight excluding hydrogens is 195 g/mol. The van der Waals surface area contributed by atoms with Crippen LogP contribution >= 0.6 is 11.8 Å². The summed E-state index contributed by atoms with van der Waals surface area (Å²) in [5, 5.41) is 0. The maximum Gasteiger partial charge on any atom is 0.136 e. The van der Waals surface area contributed by atoms with Gasteiger partial charge in [0, 0.05) is 4.90 Å². The van der Waals surface area contributed by atoms with E-state index in [2.05, 4.69) is 6.58 Å². The minimum Gasteiger partial charge on any atom is -0.206 e. The van der Waals surface area contributed by atoms with Crippen LogP contribution in [-0.4, -0.2) is 5.75 Å². The smallest absolute Gasteiger partial charge is 0.136 e. The average Bonchev–Trinajstić information content (AvgIpc) is 2.20. The molecule has 0 aliphatic heterocycles. The Morgan fingerprint density at radius 1 is 1.29 bits per heavy atom. The van der Waals surface area contributed by atoms with Gasteiger partial charge in [-0.2, -0.15) is 0 Å². The molecule has 1 rings (SSSR count). The number of rotatable bonds is 6. The normalized spacial score (nSPS) is 10.1. The van der Waals surface area contributed by atoms with Gasteiger partial charge in [-0.25, -0.2) is 4.39 Å². The van der Waals surface area contributed by atoms with Crippen molar-refractivity contribution in [3.05, 3.63) is 42.7 Å². The van der Waals surface area contributed by atoms with Gasteiger partial charge in [0.15, 0.2) is 0 Å². The van der Waals surface area contributed by atoms with Crippen molar-refractivity contribution in [2.45, 2.75) is 24.2 Å². The summed E-state index contributed by atoms with van der Waals surface area (Å²) in [6.45, 7) is 3.66. The molecule has 0 nitrogen and oxygen atoms in total. The van der Waals surface area contributed by atoms with Crippen LogP contribution in [0.1, 0.15) is 19.3 Å². The minimum atomic E-state index is -0.110. The molecule has 0 heterocycles. The first-order valence-corrected chi connectivity index (χ1v) is 5.81. The second-order valence-electron chi connectivity index (χ2n) is 3.06. The van der Waals surface area contributed by atoms with E-state index < -0.39 is 0 Å². The van der Waals surface area contributed by atoms with Crippen LogP contribution in [0.3, 0.4) is 0 Å². The zero-order chi connectivity index (χ0) is 10.2. The Morgan fingerprint density at radius 2 is 2.07 bits per heavy atom. The van der Waals surface area contributed by atoms with Gasteiger partial charge in [0.05, 0.1) is 0 Å². The van der Waals surface area contributed by atoms with Gasteiger partial charge in [-0.3, -0.25) is 0 Å². The SMILES string of the molecule is C=CCCCCSc1ccccc1F. The molecule has 0 radical (unpaired) electrons. The van der Waals surface area contributed by atoms with Crippen molar-refractivity contribution in [3.63, 3.8) is 0 Å². The minimum absolute atomic E-state index is 0.110. The standard InChI is InChI=1S/C12H15FS/c1-2-3-4-7-10-14-12-9-6-5-8-11(12)13/h2,5-6,8-9H,1,3-4,7,10H2. The van der Waals surface area contributed by atoms with Gasteiger partial charge in [0.25, 0.3) is 0 Å². The summed E-state index contributed by atoms with van der Waals surface area (Å²) in [6.07, 6.45) is 5.24. The largest absolute Gasteiger partial charge is 0.206 e. The molecule has 1 aromatic rings. The predicted molar refractivity (Wildman–Crippen MR) is 61.2 cm³/mol. The molecule has 0 aliphatic rings. The van der Waals surface area contributed by atoms with Crippen molar-refractivity contribution >= 4 is 11.8 Å². The van der Waals surface area contributed by atoms with Crippen molar-refractivity contribution in [1.29, 1.82) is 0 Å². The summed E-state index contributed by atoms with van der Waals surface area (Å²) in [4.78, 5) is 0.756. The van der Waals surface area contributed by atoms with Crippen LogP contribution in [0.2, 0.25) is 0 Å². The third-order valence-corrected chi connectivity index (χ3v) is 3.03. The van der Waals surface area contributed by atoms with Crippen molar-refractivity contribution in [1.82, 2.24) is 0 Å². The number of hydrogen-bond acceptors (Lipinski definition) is 1. The molecule has 0 aliphatic carbocycles. The Bertz CT molecular complexity index is 283. The number of unbranched alkanes of at least 4 members (excludes halogenated alkanes) is 2. The van der Waals surface area contributed by atoms with Crippen LogP contribution in [0, 0.1) is 5.82 Å². The zero-order valence-electron chi connectivity index (χ0n) is 8.21. The van der Waals surface area contributed by atoms with E-state index in [1.807, 2.05) is 18.2 Å². The molecule has 76 valence electrons. The van der Waals surface area contributed by atoms with Gasteiger partial charge in [-0.1, -0.05) is 18.2 Å². The van der Waals surface area contributed by atoms with Crippen LogP contribution in [0.4, 0.5) is 4.39 Å². The summed E-state index contributed by atoms with van der Waals surface area (Å²) in [6, 6.07) is 6.92. The Labute approximate surface area is 89.2 Å². The molecule has 0 saturated heterocycles. The monoisotopic (exact) mass is 210 g/mol. The second kappa shape index (κ2) is 6.66. The summed E-state index contributed by atoms with van der Waals surface area (Å²) < 4.78 is 13.1. The van der Waals surface area contributed by atoms with E-state index in [1.165, 1.54) is 6.07 Å². The molecule has 2 heteroatoms. The third-order valence-electron chi connectivity index (χ3n) is 1.90. The highest BCUT2D eigenvalue weighted by Crippen LogP contribution is 2.22. The average molecular weight is 210 g/mol. The van der Waals surface area contributed by atoms with E-state index in [1.54, 1.807) is 17.8 Å². The first-order chi connectivity index (χ1) is 6.84. The molecule has 0 aromatic heterocycles. The number of thioether (sulfide) groups is 1. The molecule has 0 bridgehead atoms. The lowest BCUT2D eigenvalue weighted by atomic mass is 10.2. The van der Waals surface area contributed by atoms with Crippen LogP contribution in [0.5, 0.6) is 0 Å². The highest BCUT2D eigenvalue weighted by molar-refractivity contribution is 7.99.